The molecule has 2 N–H and O–H groups in total. The zero-order chi connectivity index (χ0) is 15.5. The van der Waals surface area contributed by atoms with Crippen LogP contribution in [0.1, 0.15) is 24.0 Å². The summed E-state index contributed by atoms with van der Waals surface area (Å²) in [5, 5.41) is 20.0. The lowest BCUT2D eigenvalue weighted by Crippen LogP contribution is -2.09. The van der Waals surface area contributed by atoms with E-state index in [1.807, 2.05) is 0 Å². The fourth-order valence-corrected chi connectivity index (χ4v) is 3.02. The molecular formula is C14H13N3O3S. The number of hydrogen-bond acceptors (Lipinski definition) is 5. The van der Waals surface area contributed by atoms with Crippen LogP contribution in [0.5, 0.6) is 0 Å². The minimum Gasteiger partial charge on any atom is -0.359 e. The van der Waals surface area contributed by atoms with Crippen molar-refractivity contribution < 1.29 is 13.0 Å². The van der Waals surface area contributed by atoms with Gasteiger partial charge >= 0.3 is 0 Å². The highest BCUT2D eigenvalue weighted by atomic mass is 32.2. The van der Waals surface area contributed by atoms with E-state index in [0.717, 1.165) is 43.0 Å². The second kappa shape index (κ2) is 5.96. The molecule has 0 heterocycles. The van der Waals surface area contributed by atoms with E-state index in [9.17, 15) is 13.0 Å². The molecule has 0 radical (unpaired) electrons. The molecule has 0 atom stereocenters. The number of nitrogens with one attached hydrogen (secondary N) is 1. The van der Waals surface area contributed by atoms with Crippen LogP contribution in [0.2, 0.25) is 0 Å². The molecule has 7 heteroatoms. The van der Waals surface area contributed by atoms with E-state index in [4.69, 9.17) is 10.5 Å². The first-order valence-electron chi connectivity index (χ1n) is 6.36. The van der Waals surface area contributed by atoms with E-state index in [-0.39, 0.29) is 16.2 Å². The summed E-state index contributed by atoms with van der Waals surface area (Å²) >= 11 is 0. The van der Waals surface area contributed by atoms with Gasteiger partial charge in [-0.3, -0.25) is 4.55 Å². The van der Waals surface area contributed by atoms with Gasteiger partial charge in [-0.15, -0.1) is 0 Å². The van der Waals surface area contributed by atoms with Crippen LogP contribution in [0.4, 0.5) is 5.69 Å². The predicted molar refractivity (Wildman–Crippen MR) is 75.8 cm³/mol. The number of anilines is 1. The normalized spacial score (nSPS) is 13.5. The molecule has 0 aliphatic heterocycles. The van der Waals surface area contributed by atoms with Crippen molar-refractivity contribution in [3.63, 3.8) is 0 Å². The molecule has 0 spiro atoms. The third-order valence-corrected chi connectivity index (χ3v) is 4.23. The molecule has 0 unspecified atom stereocenters. The maximum atomic E-state index is 11.5. The quantitative estimate of drug-likeness (QED) is 0.653. The van der Waals surface area contributed by atoms with E-state index in [0.29, 0.717) is 0 Å². The molecule has 0 bridgehead atoms. The summed E-state index contributed by atoms with van der Waals surface area (Å²) in [6, 6.07) is 6.45. The van der Waals surface area contributed by atoms with Gasteiger partial charge in [-0.05, 0) is 48.9 Å². The number of aryl methyl sites for hydroxylation is 2. The molecule has 1 aromatic rings. The summed E-state index contributed by atoms with van der Waals surface area (Å²) < 4.78 is 32.3. The summed E-state index contributed by atoms with van der Waals surface area (Å²) in [6.07, 6.45) is 4.74. The summed E-state index contributed by atoms with van der Waals surface area (Å²) in [7, 11) is -4.39. The van der Waals surface area contributed by atoms with Crippen LogP contribution in [0, 0.1) is 22.7 Å². The molecule has 1 aromatic carbocycles. The SMILES string of the molecule is N#CC(C#N)=CNc1cc2c(cc1S(=O)(=O)O)CCCC2. The molecule has 0 aromatic heterocycles. The molecule has 6 nitrogen and oxygen atoms in total. The summed E-state index contributed by atoms with van der Waals surface area (Å²) in [6.45, 7) is 0. The molecule has 2 rings (SSSR count). The van der Waals surface area contributed by atoms with Crippen LogP contribution in [-0.2, 0) is 23.0 Å². The van der Waals surface area contributed by atoms with Gasteiger partial charge in [0.15, 0.2) is 0 Å². The second-order valence-corrected chi connectivity index (χ2v) is 6.12. The number of rotatable bonds is 3. The van der Waals surface area contributed by atoms with Gasteiger partial charge in [-0.25, -0.2) is 0 Å². The fraction of sp³-hybridized carbons (Fsp3) is 0.286. The topological polar surface area (TPSA) is 114 Å². The number of allylic oxidation sites excluding steroid dienone is 1. The predicted octanol–water partition coefficient (Wildman–Crippen LogP) is 2.16. The van der Waals surface area contributed by atoms with Crippen molar-refractivity contribution in [3.05, 3.63) is 35.0 Å². The Morgan fingerprint density at radius 2 is 1.76 bits per heavy atom. The first-order chi connectivity index (χ1) is 9.95. The number of benzene rings is 1. The summed E-state index contributed by atoms with van der Waals surface area (Å²) in [5.74, 6) is 0. The smallest absolute Gasteiger partial charge is 0.296 e. The molecule has 0 fully saturated rings. The Balaban J connectivity index is 2.51. The van der Waals surface area contributed by atoms with Crippen LogP contribution in [-0.4, -0.2) is 13.0 Å². The zero-order valence-corrected chi connectivity index (χ0v) is 11.9. The van der Waals surface area contributed by atoms with Gasteiger partial charge in [0.05, 0.1) is 5.69 Å². The van der Waals surface area contributed by atoms with Crippen LogP contribution in [0.3, 0.4) is 0 Å². The van der Waals surface area contributed by atoms with Crippen molar-refractivity contribution in [1.82, 2.24) is 0 Å². The van der Waals surface area contributed by atoms with E-state index >= 15 is 0 Å². The highest BCUT2D eigenvalue weighted by Crippen LogP contribution is 2.30. The molecule has 0 saturated heterocycles. The molecule has 21 heavy (non-hydrogen) atoms. The van der Waals surface area contributed by atoms with E-state index in [1.165, 1.54) is 6.07 Å². The average Bonchev–Trinajstić information content (AvgIpc) is 2.46. The summed E-state index contributed by atoms with van der Waals surface area (Å²) in [4.78, 5) is -0.241. The Hall–Kier alpha value is -2.35. The Morgan fingerprint density at radius 1 is 1.19 bits per heavy atom. The first kappa shape index (κ1) is 15.0. The lowest BCUT2D eigenvalue weighted by molar-refractivity contribution is 0.483. The fourth-order valence-electron chi connectivity index (χ4n) is 2.33. The second-order valence-electron chi connectivity index (χ2n) is 4.73. The molecule has 1 aliphatic carbocycles. The van der Waals surface area contributed by atoms with Crippen LogP contribution < -0.4 is 5.32 Å². The van der Waals surface area contributed by atoms with Crippen molar-refractivity contribution in [2.75, 3.05) is 5.32 Å². The van der Waals surface area contributed by atoms with Crippen LogP contribution in [0.25, 0.3) is 0 Å². The zero-order valence-electron chi connectivity index (χ0n) is 11.1. The van der Waals surface area contributed by atoms with Gasteiger partial charge in [0.2, 0.25) is 0 Å². The molecular weight excluding hydrogens is 290 g/mol. The van der Waals surface area contributed by atoms with Gasteiger partial charge in [-0.1, -0.05) is 0 Å². The highest BCUT2D eigenvalue weighted by molar-refractivity contribution is 7.86. The Morgan fingerprint density at radius 3 is 2.29 bits per heavy atom. The number of nitriles is 2. The van der Waals surface area contributed by atoms with Gasteiger partial charge < -0.3 is 5.32 Å². The lowest BCUT2D eigenvalue weighted by atomic mass is 9.91. The number of nitrogens with zero attached hydrogens (tertiary/aromatic N) is 2. The maximum absolute atomic E-state index is 11.5. The lowest BCUT2D eigenvalue weighted by Gasteiger charge is -2.18. The molecule has 1 aliphatic rings. The van der Waals surface area contributed by atoms with Gasteiger partial charge in [0, 0.05) is 6.20 Å². The molecule has 0 saturated carbocycles. The van der Waals surface area contributed by atoms with Crippen LogP contribution >= 0.6 is 0 Å². The summed E-state index contributed by atoms with van der Waals surface area (Å²) in [5.41, 5.74) is 1.90. The van der Waals surface area contributed by atoms with Gasteiger partial charge in [0.25, 0.3) is 10.1 Å². The van der Waals surface area contributed by atoms with Crippen LogP contribution in [0.15, 0.2) is 28.8 Å². The van der Waals surface area contributed by atoms with E-state index in [1.54, 1.807) is 18.2 Å². The van der Waals surface area contributed by atoms with Crippen molar-refractivity contribution in [1.29, 1.82) is 10.5 Å². The van der Waals surface area contributed by atoms with Gasteiger partial charge in [-0.2, -0.15) is 18.9 Å². The third-order valence-electron chi connectivity index (χ3n) is 3.33. The highest BCUT2D eigenvalue weighted by Gasteiger charge is 2.20. The first-order valence-corrected chi connectivity index (χ1v) is 7.80. The average molecular weight is 303 g/mol. The standard InChI is InChI=1S/C14H13N3O3S/c15-7-10(8-16)9-17-13-5-11-3-1-2-4-12(11)6-14(13)21(18,19)20/h5-6,9,17H,1-4H2,(H,18,19,20). The minimum atomic E-state index is -4.39. The molecule has 0 amide bonds. The Kier molecular flexibility index (Phi) is 4.27. The minimum absolute atomic E-state index is 0.168. The Bertz CT molecular complexity index is 767. The maximum Gasteiger partial charge on any atom is 0.296 e. The van der Waals surface area contributed by atoms with Crippen molar-refractivity contribution >= 4 is 15.8 Å². The van der Waals surface area contributed by atoms with Gasteiger partial charge in [0.1, 0.15) is 22.6 Å². The Labute approximate surface area is 123 Å². The third kappa shape index (κ3) is 3.40. The van der Waals surface area contributed by atoms with Crippen molar-refractivity contribution in [2.24, 2.45) is 0 Å². The van der Waals surface area contributed by atoms with Crippen molar-refractivity contribution in [3.8, 4) is 12.1 Å². The van der Waals surface area contributed by atoms with Crippen molar-refractivity contribution in [2.45, 2.75) is 30.6 Å². The molecule has 108 valence electrons. The number of hydrogen-bond donors (Lipinski definition) is 2. The monoisotopic (exact) mass is 303 g/mol. The largest absolute Gasteiger partial charge is 0.359 e. The van der Waals surface area contributed by atoms with E-state index < -0.39 is 10.1 Å². The van der Waals surface area contributed by atoms with E-state index in [2.05, 4.69) is 5.32 Å². The number of fused-ring (bicyclic) bond motifs is 1.